The highest BCUT2D eigenvalue weighted by Crippen LogP contribution is 2.18. The maximum atomic E-state index is 12.4. The number of hydrogen-bond acceptors (Lipinski definition) is 3. The van der Waals surface area contributed by atoms with Gasteiger partial charge in [0.05, 0.1) is 23.3 Å². The number of fused-ring (bicyclic) bond motifs is 1. The van der Waals surface area contributed by atoms with E-state index in [9.17, 15) is 13.6 Å². The van der Waals surface area contributed by atoms with Crippen LogP contribution in [-0.2, 0) is 19.4 Å². The minimum atomic E-state index is -2.49. The van der Waals surface area contributed by atoms with Crippen LogP contribution in [0, 0.1) is 6.92 Å². The van der Waals surface area contributed by atoms with Gasteiger partial charge in [0.25, 0.3) is 12.3 Å². The Balaban J connectivity index is 1.66. The van der Waals surface area contributed by atoms with Crippen molar-refractivity contribution >= 4 is 5.91 Å². The number of aromatic nitrogens is 4. The largest absolute Gasteiger partial charge is 0.349 e. The molecule has 1 aliphatic rings. The van der Waals surface area contributed by atoms with Gasteiger partial charge in [0.1, 0.15) is 6.54 Å². The third-order valence-corrected chi connectivity index (χ3v) is 3.84. The van der Waals surface area contributed by atoms with Crippen LogP contribution < -0.4 is 5.32 Å². The molecule has 0 spiro atoms. The standard InChI is InChI=1S/C14H17F2N5O/c1-8-10(5-21(20-8)6-13(15)16)14(22)19-9-2-3-11-12(4-9)18-7-17-11/h5,7,9,13H,2-4,6H2,1H3,(H,17,18)(H,19,22). The summed E-state index contributed by atoms with van der Waals surface area (Å²) in [6, 6.07) is 0.0123. The lowest BCUT2D eigenvalue weighted by Gasteiger charge is -2.22. The van der Waals surface area contributed by atoms with Gasteiger partial charge in [-0.15, -0.1) is 0 Å². The summed E-state index contributed by atoms with van der Waals surface area (Å²) >= 11 is 0. The van der Waals surface area contributed by atoms with E-state index >= 15 is 0 Å². The highest BCUT2D eigenvalue weighted by Gasteiger charge is 2.24. The van der Waals surface area contributed by atoms with E-state index in [1.54, 1.807) is 13.3 Å². The van der Waals surface area contributed by atoms with Crippen LogP contribution in [-0.4, -0.2) is 38.1 Å². The molecule has 2 aromatic heterocycles. The third kappa shape index (κ3) is 3.00. The number of amides is 1. The Morgan fingerprint density at radius 3 is 3.18 bits per heavy atom. The number of hydrogen-bond donors (Lipinski definition) is 2. The van der Waals surface area contributed by atoms with Crippen LogP contribution in [0.4, 0.5) is 8.78 Å². The molecule has 22 heavy (non-hydrogen) atoms. The monoisotopic (exact) mass is 309 g/mol. The molecule has 0 fully saturated rings. The summed E-state index contributed by atoms with van der Waals surface area (Å²) in [6.45, 7) is 1.14. The van der Waals surface area contributed by atoms with Crippen molar-refractivity contribution in [1.82, 2.24) is 25.1 Å². The molecule has 0 bridgehead atoms. The molecule has 0 aliphatic heterocycles. The van der Waals surface area contributed by atoms with Crippen LogP contribution in [0.3, 0.4) is 0 Å². The van der Waals surface area contributed by atoms with Crippen molar-refractivity contribution in [1.29, 1.82) is 0 Å². The average molecular weight is 309 g/mol. The zero-order valence-electron chi connectivity index (χ0n) is 12.1. The number of halogens is 2. The molecular weight excluding hydrogens is 292 g/mol. The summed E-state index contributed by atoms with van der Waals surface area (Å²) < 4.78 is 25.9. The van der Waals surface area contributed by atoms with Gasteiger partial charge in [0.2, 0.25) is 0 Å². The first kappa shape index (κ1) is 14.7. The fourth-order valence-electron chi connectivity index (χ4n) is 2.76. The number of imidazole rings is 1. The quantitative estimate of drug-likeness (QED) is 0.898. The molecule has 0 saturated heterocycles. The maximum absolute atomic E-state index is 12.4. The maximum Gasteiger partial charge on any atom is 0.257 e. The van der Waals surface area contributed by atoms with E-state index in [0.29, 0.717) is 17.7 Å². The van der Waals surface area contributed by atoms with Crippen molar-refractivity contribution in [3.8, 4) is 0 Å². The SMILES string of the molecule is Cc1nn(CC(F)F)cc1C(=O)NC1CCc2nc[nH]c2C1. The van der Waals surface area contributed by atoms with Gasteiger partial charge in [-0.25, -0.2) is 13.8 Å². The molecule has 0 saturated carbocycles. The van der Waals surface area contributed by atoms with Crippen molar-refractivity contribution < 1.29 is 13.6 Å². The number of carbonyl (C=O) groups excluding carboxylic acids is 1. The van der Waals surface area contributed by atoms with Gasteiger partial charge in [-0.3, -0.25) is 9.48 Å². The molecule has 8 heteroatoms. The number of aryl methyl sites for hydroxylation is 2. The molecule has 2 N–H and O–H groups in total. The molecule has 1 unspecified atom stereocenters. The molecular formula is C14H17F2N5O. The Hall–Kier alpha value is -2.25. The van der Waals surface area contributed by atoms with Crippen LogP contribution in [0.25, 0.3) is 0 Å². The Labute approximate surface area is 125 Å². The van der Waals surface area contributed by atoms with Gasteiger partial charge in [-0.1, -0.05) is 0 Å². The van der Waals surface area contributed by atoms with Gasteiger partial charge in [-0.05, 0) is 19.8 Å². The van der Waals surface area contributed by atoms with Crippen LogP contribution in [0.5, 0.6) is 0 Å². The topological polar surface area (TPSA) is 75.6 Å². The summed E-state index contributed by atoms with van der Waals surface area (Å²) in [5.41, 5.74) is 2.89. The van der Waals surface area contributed by atoms with E-state index in [-0.39, 0.29) is 11.9 Å². The number of aromatic amines is 1. The lowest BCUT2D eigenvalue weighted by atomic mass is 9.96. The summed E-state index contributed by atoms with van der Waals surface area (Å²) in [5.74, 6) is -0.272. The van der Waals surface area contributed by atoms with E-state index < -0.39 is 13.0 Å². The number of H-pyrrole nitrogens is 1. The lowest BCUT2D eigenvalue weighted by Crippen LogP contribution is -2.39. The number of nitrogens with zero attached hydrogens (tertiary/aromatic N) is 3. The molecule has 6 nitrogen and oxygen atoms in total. The Morgan fingerprint density at radius 1 is 1.59 bits per heavy atom. The smallest absolute Gasteiger partial charge is 0.257 e. The molecule has 1 amide bonds. The van der Waals surface area contributed by atoms with Gasteiger partial charge in [0.15, 0.2) is 0 Å². The molecule has 1 atom stereocenters. The number of nitrogens with one attached hydrogen (secondary N) is 2. The lowest BCUT2D eigenvalue weighted by molar-refractivity contribution is 0.0931. The normalized spacial score (nSPS) is 17.5. The molecule has 118 valence electrons. The molecule has 2 aromatic rings. The number of rotatable bonds is 4. The Morgan fingerprint density at radius 2 is 2.41 bits per heavy atom. The van der Waals surface area contributed by atoms with E-state index in [1.807, 2.05) is 0 Å². The highest BCUT2D eigenvalue weighted by atomic mass is 19.3. The van der Waals surface area contributed by atoms with Crippen molar-refractivity contribution in [2.75, 3.05) is 0 Å². The predicted octanol–water partition coefficient (Wildman–Crippen LogP) is 1.47. The van der Waals surface area contributed by atoms with E-state index in [2.05, 4.69) is 20.4 Å². The first-order chi connectivity index (χ1) is 10.5. The van der Waals surface area contributed by atoms with Gasteiger partial charge < -0.3 is 10.3 Å². The fourth-order valence-corrected chi connectivity index (χ4v) is 2.76. The Bertz CT molecular complexity index is 679. The van der Waals surface area contributed by atoms with Crippen molar-refractivity contribution in [3.05, 3.63) is 35.2 Å². The molecule has 3 rings (SSSR count). The minimum absolute atomic E-state index is 0.0123. The summed E-state index contributed by atoms with van der Waals surface area (Å²) in [7, 11) is 0. The van der Waals surface area contributed by atoms with E-state index in [4.69, 9.17) is 0 Å². The van der Waals surface area contributed by atoms with Crippen LogP contribution in [0.1, 0.15) is 33.9 Å². The fraction of sp³-hybridized carbons (Fsp3) is 0.500. The van der Waals surface area contributed by atoms with Gasteiger partial charge >= 0.3 is 0 Å². The minimum Gasteiger partial charge on any atom is -0.349 e. The molecule has 0 aromatic carbocycles. The number of alkyl halides is 2. The summed E-state index contributed by atoms with van der Waals surface area (Å²) in [5, 5.41) is 6.90. The first-order valence-corrected chi connectivity index (χ1v) is 7.17. The molecule has 1 aliphatic carbocycles. The molecule has 0 radical (unpaired) electrons. The van der Waals surface area contributed by atoms with Crippen molar-refractivity contribution in [3.63, 3.8) is 0 Å². The third-order valence-electron chi connectivity index (χ3n) is 3.84. The van der Waals surface area contributed by atoms with Crippen LogP contribution >= 0.6 is 0 Å². The van der Waals surface area contributed by atoms with Crippen molar-refractivity contribution in [2.24, 2.45) is 0 Å². The van der Waals surface area contributed by atoms with Crippen LogP contribution in [0.15, 0.2) is 12.5 Å². The second kappa shape index (κ2) is 5.86. The van der Waals surface area contributed by atoms with E-state index in [0.717, 1.165) is 28.9 Å². The highest BCUT2D eigenvalue weighted by molar-refractivity contribution is 5.95. The molecule has 2 heterocycles. The first-order valence-electron chi connectivity index (χ1n) is 7.17. The average Bonchev–Trinajstić information content (AvgIpc) is 3.04. The number of carbonyl (C=O) groups is 1. The predicted molar refractivity (Wildman–Crippen MR) is 74.8 cm³/mol. The summed E-state index contributed by atoms with van der Waals surface area (Å²) in [4.78, 5) is 19.6. The van der Waals surface area contributed by atoms with Crippen molar-refractivity contribution in [2.45, 2.75) is 45.2 Å². The second-order valence-corrected chi connectivity index (χ2v) is 5.48. The van der Waals surface area contributed by atoms with E-state index in [1.165, 1.54) is 6.20 Å². The summed E-state index contributed by atoms with van der Waals surface area (Å²) in [6.07, 6.45) is 2.87. The van der Waals surface area contributed by atoms with Crippen LogP contribution in [0.2, 0.25) is 0 Å². The zero-order chi connectivity index (χ0) is 15.7. The van der Waals surface area contributed by atoms with Gasteiger partial charge in [0, 0.05) is 24.4 Å². The Kier molecular flexibility index (Phi) is 3.91. The van der Waals surface area contributed by atoms with Gasteiger partial charge in [-0.2, -0.15) is 5.10 Å². The second-order valence-electron chi connectivity index (χ2n) is 5.48. The zero-order valence-corrected chi connectivity index (χ0v) is 12.1.